The number of rotatable bonds is 8. The first kappa shape index (κ1) is 17.0. The largest absolute Gasteiger partial charge is 0.352 e. The molecule has 1 aromatic rings. The van der Waals surface area contributed by atoms with Crippen molar-refractivity contribution in [3.05, 3.63) is 29.8 Å². The number of nitrogens with one attached hydrogen (secondary N) is 2. The lowest BCUT2D eigenvalue weighted by Crippen LogP contribution is -2.30. The van der Waals surface area contributed by atoms with E-state index in [1.165, 1.54) is 0 Å². The van der Waals surface area contributed by atoms with Gasteiger partial charge in [-0.3, -0.25) is 4.79 Å². The Balaban J connectivity index is 2.53. The van der Waals surface area contributed by atoms with E-state index < -0.39 is 6.03 Å². The van der Waals surface area contributed by atoms with Crippen molar-refractivity contribution in [1.82, 2.24) is 5.32 Å². The van der Waals surface area contributed by atoms with Crippen LogP contribution in [0.1, 0.15) is 45.1 Å². The number of unbranched alkanes of at least 4 members (excludes halogenated alkanes) is 1. The molecule has 1 rings (SSSR count). The van der Waals surface area contributed by atoms with Gasteiger partial charge in [-0.1, -0.05) is 38.8 Å². The van der Waals surface area contributed by atoms with Gasteiger partial charge in [0.2, 0.25) is 5.91 Å². The van der Waals surface area contributed by atoms with Gasteiger partial charge in [0, 0.05) is 18.2 Å². The smallest absolute Gasteiger partial charge is 0.316 e. The molecule has 0 aliphatic heterocycles. The van der Waals surface area contributed by atoms with Crippen LogP contribution in [0.15, 0.2) is 24.3 Å². The molecule has 0 heterocycles. The number of carbonyl (C=O) groups excluding carboxylic acids is 2. The summed E-state index contributed by atoms with van der Waals surface area (Å²) in [6.45, 7) is 4.62. The van der Waals surface area contributed by atoms with Crippen LogP contribution >= 0.6 is 0 Å². The molecule has 0 aliphatic carbocycles. The van der Waals surface area contributed by atoms with Crippen LogP contribution in [0.4, 0.5) is 10.5 Å². The number of hydrogen-bond donors (Lipinski definition) is 3. The highest BCUT2D eigenvalue weighted by molar-refractivity contribution is 5.87. The summed E-state index contributed by atoms with van der Waals surface area (Å²) in [5, 5.41) is 5.48. The number of primary amides is 1. The van der Waals surface area contributed by atoms with Crippen LogP contribution in [0.3, 0.4) is 0 Å². The fourth-order valence-electron chi connectivity index (χ4n) is 2.21. The molecule has 1 aromatic carbocycles. The van der Waals surface area contributed by atoms with Gasteiger partial charge in [-0.15, -0.1) is 0 Å². The molecule has 1 atom stereocenters. The molecule has 116 valence electrons. The number of urea groups is 1. The summed E-state index contributed by atoms with van der Waals surface area (Å²) in [5.74, 6) is 0.177. The van der Waals surface area contributed by atoms with Crippen LogP contribution in [-0.4, -0.2) is 11.9 Å². The van der Waals surface area contributed by atoms with E-state index in [2.05, 4.69) is 17.6 Å². The quantitative estimate of drug-likeness (QED) is 0.688. The Morgan fingerprint density at radius 2 is 2.05 bits per heavy atom. The lowest BCUT2D eigenvalue weighted by atomic mass is 9.98. The van der Waals surface area contributed by atoms with E-state index in [4.69, 9.17) is 5.73 Å². The van der Waals surface area contributed by atoms with Gasteiger partial charge >= 0.3 is 6.03 Å². The first-order valence-electron chi connectivity index (χ1n) is 7.49. The zero-order valence-electron chi connectivity index (χ0n) is 12.8. The van der Waals surface area contributed by atoms with E-state index >= 15 is 0 Å². The fourth-order valence-corrected chi connectivity index (χ4v) is 2.21. The lowest BCUT2D eigenvalue weighted by Gasteiger charge is -2.15. The average molecular weight is 291 g/mol. The molecule has 0 saturated heterocycles. The van der Waals surface area contributed by atoms with Crippen molar-refractivity contribution in [2.45, 2.75) is 46.1 Å². The number of nitrogens with two attached hydrogens (primary N) is 1. The van der Waals surface area contributed by atoms with E-state index in [0.717, 1.165) is 31.2 Å². The summed E-state index contributed by atoms with van der Waals surface area (Å²) < 4.78 is 0. The number of benzene rings is 1. The first-order chi connectivity index (χ1) is 10.1. The van der Waals surface area contributed by atoms with Crippen LogP contribution in [0.5, 0.6) is 0 Å². The number of amides is 3. The van der Waals surface area contributed by atoms with Crippen molar-refractivity contribution in [2.75, 3.05) is 5.32 Å². The SMILES string of the molecule is CCCC[C@@H](CC)C(=O)NCc1cccc(NC(N)=O)c1. The van der Waals surface area contributed by atoms with Crippen molar-refractivity contribution >= 4 is 17.6 Å². The van der Waals surface area contributed by atoms with E-state index in [0.29, 0.717) is 12.2 Å². The van der Waals surface area contributed by atoms with Gasteiger partial charge in [-0.05, 0) is 30.5 Å². The molecule has 0 aliphatic rings. The van der Waals surface area contributed by atoms with Gasteiger partial charge in [0.1, 0.15) is 0 Å². The molecule has 0 fully saturated rings. The lowest BCUT2D eigenvalue weighted by molar-refractivity contribution is -0.125. The molecule has 0 spiro atoms. The van der Waals surface area contributed by atoms with Crippen LogP contribution in [0, 0.1) is 5.92 Å². The van der Waals surface area contributed by atoms with Crippen LogP contribution in [0.2, 0.25) is 0 Å². The minimum Gasteiger partial charge on any atom is -0.352 e. The van der Waals surface area contributed by atoms with Crippen molar-refractivity contribution in [3.8, 4) is 0 Å². The first-order valence-corrected chi connectivity index (χ1v) is 7.49. The number of carbonyl (C=O) groups is 2. The molecular weight excluding hydrogens is 266 g/mol. The number of anilines is 1. The van der Waals surface area contributed by atoms with E-state index in [9.17, 15) is 9.59 Å². The monoisotopic (exact) mass is 291 g/mol. The van der Waals surface area contributed by atoms with Gasteiger partial charge in [0.15, 0.2) is 0 Å². The maximum absolute atomic E-state index is 12.1. The minimum absolute atomic E-state index is 0.0804. The van der Waals surface area contributed by atoms with Gasteiger partial charge in [0.25, 0.3) is 0 Å². The summed E-state index contributed by atoms with van der Waals surface area (Å²) in [7, 11) is 0. The molecule has 0 bridgehead atoms. The Hall–Kier alpha value is -2.04. The summed E-state index contributed by atoms with van der Waals surface area (Å²) in [6, 6.07) is 6.69. The summed E-state index contributed by atoms with van der Waals surface area (Å²) in [6.07, 6.45) is 3.96. The molecular formula is C16H25N3O2. The molecule has 5 nitrogen and oxygen atoms in total. The maximum atomic E-state index is 12.1. The second-order valence-corrected chi connectivity index (χ2v) is 5.15. The third kappa shape index (κ3) is 6.29. The Morgan fingerprint density at radius 3 is 2.67 bits per heavy atom. The Labute approximate surface area is 126 Å². The standard InChI is InChI=1S/C16H25N3O2/c1-3-5-8-13(4-2)15(20)18-11-12-7-6-9-14(10-12)19-16(17)21/h6-7,9-10,13H,3-5,8,11H2,1-2H3,(H,18,20)(H3,17,19,21)/t13-/m1/s1. The summed E-state index contributed by atoms with van der Waals surface area (Å²) >= 11 is 0. The number of hydrogen-bond acceptors (Lipinski definition) is 2. The third-order valence-electron chi connectivity index (χ3n) is 3.43. The summed E-state index contributed by atoms with van der Waals surface area (Å²) in [4.78, 5) is 22.9. The molecule has 3 amide bonds. The molecule has 21 heavy (non-hydrogen) atoms. The Kier molecular flexibility index (Phi) is 7.29. The van der Waals surface area contributed by atoms with Crippen LogP contribution < -0.4 is 16.4 Å². The highest BCUT2D eigenvalue weighted by Gasteiger charge is 2.15. The molecule has 0 saturated carbocycles. The topological polar surface area (TPSA) is 84.2 Å². The van der Waals surface area contributed by atoms with Crippen molar-refractivity contribution < 1.29 is 9.59 Å². The molecule has 5 heteroatoms. The normalized spacial score (nSPS) is 11.7. The highest BCUT2D eigenvalue weighted by Crippen LogP contribution is 2.14. The predicted molar refractivity (Wildman–Crippen MR) is 84.8 cm³/mol. The Morgan fingerprint density at radius 1 is 1.29 bits per heavy atom. The maximum Gasteiger partial charge on any atom is 0.316 e. The average Bonchev–Trinajstić information content (AvgIpc) is 2.45. The van der Waals surface area contributed by atoms with Crippen molar-refractivity contribution in [2.24, 2.45) is 11.7 Å². The van der Waals surface area contributed by atoms with Gasteiger partial charge in [0.05, 0.1) is 0 Å². The fraction of sp³-hybridized carbons (Fsp3) is 0.500. The van der Waals surface area contributed by atoms with E-state index in [-0.39, 0.29) is 11.8 Å². The van der Waals surface area contributed by atoms with Crippen molar-refractivity contribution in [3.63, 3.8) is 0 Å². The predicted octanol–water partition coefficient (Wildman–Crippen LogP) is 3.01. The second-order valence-electron chi connectivity index (χ2n) is 5.15. The zero-order chi connectivity index (χ0) is 15.7. The molecule has 0 unspecified atom stereocenters. The van der Waals surface area contributed by atoms with Crippen LogP contribution in [0.25, 0.3) is 0 Å². The van der Waals surface area contributed by atoms with E-state index in [1.807, 2.05) is 19.1 Å². The third-order valence-corrected chi connectivity index (χ3v) is 3.43. The van der Waals surface area contributed by atoms with Crippen molar-refractivity contribution in [1.29, 1.82) is 0 Å². The van der Waals surface area contributed by atoms with Gasteiger partial charge in [-0.2, -0.15) is 0 Å². The van der Waals surface area contributed by atoms with Gasteiger partial charge < -0.3 is 16.4 Å². The van der Waals surface area contributed by atoms with Crippen LogP contribution in [-0.2, 0) is 11.3 Å². The molecule has 0 aromatic heterocycles. The zero-order valence-corrected chi connectivity index (χ0v) is 12.8. The minimum atomic E-state index is -0.596. The Bertz CT molecular complexity index is 474. The molecule has 0 radical (unpaired) electrons. The molecule has 4 N–H and O–H groups in total. The second kappa shape index (κ2) is 9.00. The van der Waals surface area contributed by atoms with Gasteiger partial charge in [-0.25, -0.2) is 4.79 Å². The highest BCUT2D eigenvalue weighted by atomic mass is 16.2. The summed E-state index contributed by atoms with van der Waals surface area (Å²) in [5.41, 5.74) is 6.64. The van der Waals surface area contributed by atoms with E-state index in [1.54, 1.807) is 12.1 Å².